The largest absolute Gasteiger partial charge is 0.413 e. The maximum atomic E-state index is 11.6. The summed E-state index contributed by atoms with van der Waals surface area (Å²) in [4.78, 5) is 11.6. The highest BCUT2D eigenvalue weighted by Gasteiger charge is 2.42. The number of carbonyl (C=O) groups is 1. The molecular formula is C13H28O2Si. The number of carbonyl (C=O) groups excluding carboxylic acids is 1. The Morgan fingerprint density at radius 1 is 1.12 bits per heavy atom. The van der Waals surface area contributed by atoms with Crippen LogP contribution in [0.1, 0.15) is 48.5 Å². The third-order valence-electron chi connectivity index (χ3n) is 4.20. The maximum absolute atomic E-state index is 11.6. The zero-order valence-electron chi connectivity index (χ0n) is 12.4. The molecular weight excluding hydrogens is 216 g/mol. The Morgan fingerprint density at radius 3 is 1.75 bits per heavy atom. The first-order chi connectivity index (χ1) is 6.82. The van der Waals surface area contributed by atoms with Crippen LogP contribution in [-0.2, 0) is 9.22 Å². The summed E-state index contributed by atoms with van der Waals surface area (Å²) in [5.41, 5.74) is -0.393. The van der Waals surface area contributed by atoms with Crippen molar-refractivity contribution < 1.29 is 9.22 Å². The molecule has 0 aromatic heterocycles. The molecule has 0 saturated carbocycles. The minimum absolute atomic E-state index is 0.0223. The van der Waals surface area contributed by atoms with Crippen LogP contribution in [0.3, 0.4) is 0 Å². The number of rotatable bonds is 4. The van der Waals surface area contributed by atoms with Crippen LogP contribution in [-0.4, -0.2) is 20.2 Å². The highest BCUT2D eigenvalue weighted by Crippen LogP contribution is 2.39. The molecule has 0 spiro atoms. The molecule has 1 atom stereocenters. The molecule has 0 amide bonds. The summed E-state index contributed by atoms with van der Waals surface area (Å²) in [5.74, 6) is 0.193. The molecule has 2 nitrogen and oxygen atoms in total. The van der Waals surface area contributed by atoms with Crippen LogP contribution in [0, 0.1) is 5.41 Å². The zero-order valence-corrected chi connectivity index (χ0v) is 13.4. The smallest absolute Gasteiger partial charge is 0.192 e. The molecule has 0 aliphatic carbocycles. The Morgan fingerprint density at radius 2 is 1.50 bits per heavy atom. The van der Waals surface area contributed by atoms with Crippen LogP contribution < -0.4 is 0 Å². The number of Topliss-reactive ketones (excluding diaryl/α,β-unsaturated/α-hetero) is 1. The summed E-state index contributed by atoms with van der Waals surface area (Å²) in [6, 6.07) is 0. The molecule has 0 heterocycles. The fraction of sp³-hybridized carbons (Fsp3) is 0.923. The second kappa shape index (κ2) is 4.61. The quantitative estimate of drug-likeness (QED) is 0.698. The van der Waals surface area contributed by atoms with Gasteiger partial charge in [0.05, 0.1) is 6.10 Å². The van der Waals surface area contributed by atoms with Gasteiger partial charge in [-0.1, -0.05) is 34.6 Å². The zero-order chi connectivity index (χ0) is 13.4. The first-order valence-corrected chi connectivity index (χ1v) is 8.92. The van der Waals surface area contributed by atoms with Crippen molar-refractivity contribution in [1.82, 2.24) is 0 Å². The van der Waals surface area contributed by atoms with Gasteiger partial charge < -0.3 is 4.43 Å². The van der Waals surface area contributed by atoms with Crippen molar-refractivity contribution in [3.8, 4) is 0 Å². The van der Waals surface area contributed by atoms with Crippen molar-refractivity contribution in [1.29, 1.82) is 0 Å². The first kappa shape index (κ1) is 15.8. The van der Waals surface area contributed by atoms with E-state index < -0.39 is 13.7 Å². The lowest BCUT2D eigenvalue weighted by Crippen LogP contribution is -2.48. The van der Waals surface area contributed by atoms with Crippen molar-refractivity contribution in [3.63, 3.8) is 0 Å². The standard InChI is InChI=1S/C13H28O2Si/c1-10(14)13(6,7)11(2)15-16(8,9)12(3,4)5/h11H,1-9H3. The summed E-state index contributed by atoms with van der Waals surface area (Å²) in [6.07, 6.45) is -0.0223. The number of hydrogen-bond donors (Lipinski definition) is 0. The molecule has 0 bridgehead atoms. The van der Waals surface area contributed by atoms with E-state index in [4.69, 9.17) is 4.43 Å². The van der Waals surface area contributed by atoms with Gasteiger partial charge in [0.25, 0.3) is 0 Å². The van der Waals surface area contributed by atoms with E-state index in [-0.39, 0.29) is 16.9 Å². The molecule has 0 aliphatic rings. The minimum atomic E-state index is -1.78. The van der Waals surface area contributed by atoms with Gasteiger partial charge in [-0.3, -0.25) is 4.79 Å². The molecule has 0 rings (SSSR count). The average Bonchev–Trinajstić information content (AvgIpc) is 2.00. The predicted octanol–water partition coefficient (Wildman–Crippen LogP) is 4.01. The maximum Gasteiger partial charge on any atom is 0.192 e. The van der Waals surface area contributed by atoms with Crippen molar-refractivity contribution in [2.75, 3.05) is 0 Å². The molecule has 0 aromatic carbocycles. The Balaban J connectivity index is 4.82. The Labute approximate surface area is 102 Å². The molecule has 1 unspecified atom stereocenters. The van der Waals surface area contributed by atoms with Gasteiger partial charge >= 0.3 is 0 Å². The van der Waals surface area contributed by atoms with Crippen LogP contribution in [0.15, 0.2) is 0 Å². The monoisotopic (exact) mass is 244 g/mol. The van der Waals surface area contributed by atoms with E-state index in [1.165, 1.54) is 0 Å². The van der Waals surface area contributed by atoms with E-state index in [0.29, 0.717) is 0 Å². The van der Waals surface area contributed by atoms with Crippen LogP contribution >= 0.6 is 0 Å². The lowest BCUT2D eigenvalue weighted by atomic mass is 9.84. The Hall–Kier alpha value is -0.153. The van der Waals surface area contributed by atoms with Gasteiger partial charge in [-0.15, -0.1) is 0 Å². The number of ketones is 1. The van der Waals surface area contributed by atoms with Gasteiger partial charge in [-0.2, -0.15) is 0 Å². The SMILES string of the molecule is CC(=O)C(C)(C)C(C)O[Si](C)(C)C(C)(C)C. The highest BCUT2D eigenvalue weighted by molar-refractivity contribution is 6.74. The molecule has 0 fully saturated rings. The molecule has 0 saturated heterocycles. The fourth-order valence-electron chi connectivity index (χ4n) is 1.05. The van der Waals surface area contributed by atoms with Gasteiger partial charge in [0.15, 0.2) is 8.32 Å². The lowest BCUT2D eigenvalue weighted by Gasteiger charge is -2.42. The van der Waals surface area contributed by atoms with E-state index in [9.17, 15) is 4.79 Å². The van der Waals surface area contributed by atoms with Crippen molar-refractivity contribution in [3.05, 3.63) is 0 Å². The van der Waals surface area contributed by atoms with Crippen LogP contribution in [0.5, 0.6) is 0 Å². The molecule has 0 N–H and O–H groups in total. The summed E-state index contributed by atoms with van der Waals surface area (Å²) in [6.45, 7) is 18.7. The summed E-state index contributed by atoms with van der Waals surface area (Å²) < 4.78 is 6.25. The third kappa shape index (κ3) is 3.42. The van der Waals surface area contributed by atoms with Gasteiger partial charge in [-0.05, 0) is 32.0 Å². The van der Waals surface area contributed by atoms with Gasteiger partial charge in [0.1, 0.15) is 5.78 Å². The molecule has 0 aliphatic heterocycles. The van der Waals surface area contributed by atoms with E-state index in [1.54, 1.807) is 6.92 Å². The molecule has 0 radical (unpaired) electrons. The minimum Gasteiger partial charge on any atom is -0.413 e. The van der Waals surface area contributed by atoms with E-state index in [2.05, 4.69) is 33.9 Å². The van der Waals surface area contributed by atoms with Crippen molar-refractivity contribution in [2.24, 2.45) is 5.41 Å². The van der Waals surface area contributed by atoms with Crippen LogP contribution in [0.25, 0.3) is 0 Å². The summed E-state index contributed by atoms with van der Waals surface area (Å²) in [5, 5.41) is 0.189. The molecule has 0 aromatic rings. The Kier molecular flexibility index (Phi) is 4.57. The van der Waals surface area contributed by atoms with Crippen LogP contribution in [0.2, 0.25) is 18.1 Å². The van der Waals surface area contributed by atoms with Crippen LogP contribution in [0.4, 0.5) is 0 Å². The topological polar surface area (TPSA) is 26.3 Å². The normalized spacial score (nSPS) is 16.1. The molecule has 96 valence electrons. The Bertz CT molecular complexity index is 262. The van der Waals surface area contributed by atoms with Crippen molar-refractivity contribution >= 4 is 14.1 Å². The lowest BCUT2D eigenvalue weighted by molar-refractivity contribution is -0.129. The highest BCUT2D eigenvalue weighted by atomic mass is 28.4. The first-order valence-electron chi connectivity index (χ1n) is 6.01. The van der Waals surface area contributed by atoms with Gasteiger partial charge in [0, 0.05) is 5.41 Å². The number of hydrogen-bond acceptors (Lipinski definition) is 2. The van der Waals surface area contributed by atoms with E-state index in [1.807, 2.05) is 20.8 Å². The van der Waals surface area contributed by atoms with Gasteiger partial charge in [-0.25, -0.2) is 0 Å². The molecule has 16 heavy (non-hydrogen) atoms. The predicted molar refractivity (Wildman–Crippen MR) is 72.2 cm³/mol. The van der Waals surface area contributed by atoms with Crippen molar-refractivity contribution in [2.45, 2.75) is 72.7 Å². The molecule has 3 heteroatoms. The summed E-state index contributed by atoms with van der Waals surface area (Å²) >= 11 is 0. The van der Waals surface area contributed by atoms with E-state index >= 15 is 0 Å². The second-order valence-corrected chi connectivity index (χ2v) is 11.6. The van der Waals surface area contributed by atoms with Gasteiger partial charge in [0.2, 0.25) is 0 Å². The average molecular weight is 244 g/mol. The third-order valence-corrected chi connectivity index (χ3v) is 8.76. The second-order valence-electron chi connectivity index (χ2n) is 6.80. The van der Waals surface area contributed by atoms with E-state index in [0.717, 1.165) is 0 Å². The summed E-state index contributed by atoms with van der Waals surface area (Å²) in [7, 11) is -1.78. The fourth-order valence-corrected chi connectivity index (χ4v) is 2.58.